The minimum Gasteiger partial charge on any atom is -0.453 e. The summed E-state index contributed by atoms with van der Waals surface area (Å²) in [7, 11) is -4.39. The van der Waals surface area contributed by atoms with Gasteiger partial charge in [0.2, 0.25) is 0 Å². The topological polar surface area (TPSA) is 42.2 Å². The van der Waals surface area contributed by atoms with Crippen LogP contribution in [0.15, 0.2) is 0 Å². The monoisotopic (exact) mass is 509 g/mol. The van der Waals surface area contributed by atoms with Crippen LogP contribution in [0.4, 0.5) is 0 Å². The summed E-state index contributed by atoms with van der Waals surface area (Å²) in [4.78, 5) is 0. The highest BCUT2D eigenvalue weighted by atomic mass is 28.4. The van der Waals surface area contributed by atoms with Gasteiger partial charge in [-0.05, 0) is 71.8 Å². The maximum absolute atomic E-state index is 9.62. The smallest absolute Gasteiger partial charge is 0.439 e. The highest BCUT2D eigenvalue weighted by Gasteiger charge is 2.47. The molecule has 200 valence electrons. The second kappa shape index (κ2) is 15.9. The van der Waals surface area contributed by atoms with Gasteiger partial charge in [0.25, 0.3) is 0 Å². The first kappa shape index (κ1) is 33.9. The number of rotatable bonds is 18. The van der Waals surface area contributed by atoms with Crippen molar-refractivity contribution in [1.82, 2.24) is 0 Å². The molecule has 0 aliphatic carbocycles. The summed E-state index contributed by atoms with van der Waals surface area (Å²) in [6, 6.07) is 9.49. The van der Waals surface area contributed by atoms with E-state index in [4.69, 9.17) is 8.69 Å². The van der Waals surface area contributed by atoms with Crippen LogP contribution in [0.5, 0.6) is 0 Å². The Kier molecular flexibility index (Phi) is 15.9. The van der Waals surface area contributed by atoms with Crippen LogP contribution in [-0.4, -0.2) is 23.8 Å². The lowest BCUT2D eigenvalue weighted by Crippen LogP contribution is -2.54. The van der Waals surface area contributed by atoms with Crippen LogP contribution in [0.2, 0.25) is 42.1 Å². The molecule has 0 aromatic heterocycles. The molecule has 34 heavy (non-hydrogen) atoms. The fourth-order valence-electron chi connectivity index (χ4n) is 6.24. The fraction of sp³-hybridized carbons (Fsp3) is 0.964. The predicted octanol–water partition coefficient (Wildman–Crippen LogP) is 9.64. The van der Waals surface area contributed by atoms with E-state index in [0.717, 1.165) is 0 Å². The second-order valence-corrected chi connectivity index (χ2v) is 21.6. The first-order valence-electron chi connectivity index (χ1n) is 14.3. The summed E-state index contributed by atoms with van der Waals surface area (Å²) < 4.78 is 14.8. The highest BCUT2D eigenvalue weighted by molar-refractivity contribution is 6.84. The van der Waals surface area contributed by atoms with Crippen LogP contribution >= 0.6 is 0 Å². The van der Waals surface area contributed by atoms with Crippen molar-refractivity contribution in [1.29, 1.82) is 5.26 Å². The third kappa shape index (κ3) is 13.9. The van der Waals surface area contributed by atoms with Gasteiger partial charge >= 0.3 is 7.12 Å². The number of hydrogen-bond donors (Lipinski definition) is 0. The van der Waals surface area contributed by atoms with E-state index in [-0.39, 0.29) is 12.9 Å². The summed E-state index contributed by atoms with van der Waals surface area (Å²) in [5.41, 5.74) is 0. The maximum atomic E-state index is 9.62. The average Bonchev–Trinajstić information content (AvgIpc) is 2.56. The molecule has 0 radical (unpaired) electrons. The molecule has 0 saturated heterocycles. The SMILES string of the molecule is CC(C)C[Si](CC(C)C)(CC(C)C)OB(O[Si](CC(C)C)(CC(C)C)CC(C)C)C(C)CC#N. The van der Waals surface area contributed by atoms with Crippen molar-refractivity contribution in [3.8, 4) is 6.07 Å². The molecule has 6 heteroatoms. The van der Waals surface area contributed by atoms with Crippen LogP contribution < -0.4 is 0 Å². The number of nitriles is 1. The van der Waals surface area contributed by atoms with Crippen LogP contribution in [-0.2, 0) is 8.69 Å². The van der Waals surface area contributed by atoms with E-state index < -0.39 is 16.6 Å². The molecule has 3 nitrogen and oxygen atoms in total. The largest absolute Gasteiger partial charge is 0.453 e. The van der Waals surface area contributed by atoms with Crippen molar-refractivity contribution < 1.29 is 8.69 Å². The fourth-order valence-corrected chi connectivity index (χ4v) is 18.4. The molecule has 0 aliphatic rings. The molecule has 0 spiro atoms. The number of nitrogens with zero attached hydrogens (tertiary/aromatic N) is 1. The Morgan fingerprint density at radius 2 is 0.765 bits per heavy atom. The van der Waals surface area contributed by atoms with Crippen molar-refractivity contribution in [2.45, 2.75) is 139 Å². The van der Waals surface area contributed by atoms with Gasteiger partial charge in [0.15, 0.2) is 16.6 Å². The molecule has 0 heterocycles. The molecule has 0 fully saturated rings. The normalized spacial score (nSPS) is 14.2. The first-order valence-corrected chi connectivity index (χ1v) is 19.3. The lowest BCUT2D eigenvalue weighted by molar-refractivity contribution is 0.358. The Morgan fingerprint density at radius 3 is 0.941 bits per heavy atom. The Balaban J connectivity index is 6.52. The molecule has 0 aliphatic heterocycles. The molecule has 0 aromatic carbocycles. The Bertz CT molecular complexity index is 494. The lowest BCUT2D eigenvalue weighted by Gasteiger charge is -2.44. The summed E-state index contributed by atoms with van der Waals surface area (Å²) in [5, 5.41) is 9.62. The van der Waals surface area contributed by atoms with Gasteiger partial charge in [-0.25, -0.2) is 0 Å². The van der Waals surface area contributed by atoms with Crippen molar-refractivity contribution >= 4 is 23.8 Å². The van der Waals surface area contributed by atoms with E-state index in [2.05, 4.69) is 96.1 Å². The van der Waals surface area contributed by atoms with Gasteiger partial charge in [0.05, 0.1) is 6.07 Å². The molecule has 0 amide bonds. The average molecular weight is 510 g/mol. The van der Waals surface area contributed by atoms with Crippen molar-refractivity contribution in [2.75, 3.05) is 0 Å². The first-order chi connectivity index (χ1) is 15.5. The van der Waals surface area contributed by atoms with Gasteiger partial charge in [0.1, 0.15) is 0 Å². The standard InChI is InChI=1S/C28H60BNO2Si2/c1-22(2)16-33(17-23(3)4,18-24(5)6)31-29(28(13)14-15-30)32-34(19-25(7)8,20-26(9)10)21-27(11)12/h22-28H,14,16-21H2,1-13H3. The van der Waals surface area contributed by atoms with E-state index in [1.807, 2.05) is 0 Å². The Labute approximate surface area is 217 Å². The molecule has 0 saturated carbocycles. The van der Waals surface area contributed by atoms with Gasteiger partial charge in [-0.2, -0.15) is 5.26 Å². The van der Waals surface area contributed by atoms with Crippen LogP contribution in [0.1, 0.15) is 96.4 Å². The van der Waals surface area contributed by atoms with E-state index in [1.54, 1.807) is 0 Å². The Hall–Kier alpha value is -0.0913. The van der Waals surface area contributed by atoms with E-state index in [1.165, 1.54) is 36.3 Å². The third-order valence-electron chi connectivity index (χ3n) is 6.29. The molecular formula is C28H60BNO2Si2. The van der Waals surface area contributed by atoms with Gasteiger partial charge in [0, 0.05) is 12.2 Å². The maximum Gasteiger partial charge on any atom is 0.439 e. The summed E-state index contributed by atoms with van der Waals surface area (Å²) in [5.74, 6) is 3.77. The molecule has 0 aromatic rings. The predicted molar refractivity (Wildman–Crippen MR) is 157 cm³/mol. The molecule has 1 unspecified atom stereocenters. The van der Waals surface area contributed by atoms with Gasteiger partial charge in [-0.15, -0.1) is 0 Å². The summed E-state index contributed by atoms with van der Waals surface area (Å²) in [6.07, 6.45) is 0.496. The molecular weight excluding hydrogens is 449 g/mol. The van der Waals surface area contributed by atoms with Crippen molar-refractivity contribution in [2.24, 2.45) is 35.5 Å². The van der Waals surface area contributed by atoms with Gasteiger partial charge in [-0.3, -0.25) is 0 Å². The second-order valence-electron chi connectivity index (χ2n) is 13.9. The molecule has 0 N–H and O–H groups in total. The minimum absolute atomic E-state index is 0.0988. The molecule has 0 bridgehead atoms. The Morgan fingerprint density at radius 1 is 0.529 bits per heavy atom. The van der Waals surface area contributed by atoms with E-state index in [0.29, 0.717) is 41.9 Å². The zero-order chi connectivity index (χ0) is 26.7. The lowest BCUT2D eigenvalue weighted by atomic mass is 9.72. The molecule has 0 rings (SSSR count). The number of hydrogen-bond acceptors (Lipinski definition) is 3. The molecule has 1 atom stereocenters. The highest BCUT2D eigenvalue weighted by Crippen LogP contribution is 2.39. The van der Waals surface area contributed by atoms with Gasteiger partial charge < -0.3 is 8.69 Å². The van der Waals surface area contributed by atoms with E-state index in [9.17, 15) is 5.26 Å². The van der Waals surface area contributed by atoms with Crippen molar-refractivity contribution in [3.05, 3.63) is 0 Å². The quantitative estimate of drug-likeness (QED) is 0.173. The zero-order valence-corrected chi connectivity index (χ0v) is 27.3. The van der Waals surface area contributed by atoms with Crippen LogP contribution in [0.3, 0.4) is 0 Å². The van der Waals surface area contributed by atoms with E-state index >= 15 is 0 Å². The van der Waals surface area contributed by atoms with Crippen molar-refractivity contribution in [3.63, 3.8) is 0 Å². The zero-order valence-electron chi connectivity index (χ0n) is 25.3. The summed E-state index contributed by atoms with van der Waals surface area (Å²) in [6.45, 7) is 30.3. The minimum atomic E-state index is -2.07. The van der Waals surface area contributed by atoms with Crippen LogP contribution in [0, 0.1) is 46.8 Å². The van der Waals surface area contributed by atoms with Crippen LogP contribution in [0.25, 0.3) is 0 Å². The third-order valence-corrected chi connectivity index (χ3v) is 17.1. The van der Waals surface area contributed by atoms with Gasteiger partial charge in [-0.1, -0.05) is 90.0 Å². The summed E-state index contributed by atoms with van der Waals surface area (Å²) >= 11 is 0.